The van der Waals surface area contributed by atoms with E-state index >= 15 is 0 Å². The lowest BCUT2D eigenvalue weighted by Crippen LogP contribution is -1.85. The Bertz CT molecular complexity index is 391. The van der Waals surface area contributed by atoms with Crippen LogP contribution < -0.4 is 4.74 Å². The molecule has 1 aromatic rings. The lowest BCUT2D eigenvalue weighted by atomic mass is 10.1. The fourth-order valence-electron chi connectivity index (χ4n) is 1.65. The Morgan fingerprint density at radius 2 is 2.14 bits per heavy atom. The van der Waals surface area contributed by atoms with E-state index in [2.05, 4.69) is 0 Å². The van der Waals surface area contributed by atoms with Gasteiger partial charge in [-0.3, -0.25) is 4.79 Å². The van der Waals surface area contributed by atoms with Crippen LogP contribution in [0.4, 0.5) is 0 Å². The molecule has 14 heavy (non-hydrogen) atoms. The first kappa shape index (κ1) is 9.00. The van der Waals surface area contributed by atoms with Crippen LogP contribution in [-0.4, -0.2) is 12.9 Å². The lowest BCUT2D eigenvalue weighted by Gasteiger charge is -2.04. The average molecular weight is 188 g/mol. The number of ketones is 1. The second-order valence-corrected chi connectivity index (χ2v) is 3.37. The molecule has 0 spiro atoms. The highest BCUT2D eigenvalue weighted by atomic mass is 16.5. The predicted molar refractivity (Wildman–Crippen MR) is 55.2 cm³/mol. The summed E-state index contributed by atoms with van der Waals surface area (Å²) in [5.41, 5.74) is 2.21. The van der Waals surface area contributed by atoms with Gasteiger partial charge in [0.15, 0.2) is 5.78 Å². The summed E-state index contributed by atoms with van der Waals surface area (Å²) in [7, 11) is 1.65. The normalized spacial score (nSPS) is 15.5. The summed E-state index contributed by atoms with van der Waals surface area (Å²) in [6.07, 6.45) is 3.23. The van der Waals surface area contributed by atoms with Crippen LogP contribution in [0.1, 0.15) is 18.4 Å². The highest BCUT2D eigenvalue weighted by Gasteiger charge is 2.13. The van der Waals surface area contributed by atoms with E-state index < -0.39 is 0 Å². The zero-order chi connectivity index (χ0) is 9.97. The number of hydrogen-bond acceptors (Lipinski definition) is 2. The lowest BCUT2D eigenvalue weighted by molar-refractivity contribution is -0.114. The minimum atomic E-state index is 0.225. The van der Waals surface area contributed by atoms with Crippen LogP contribution in [-0.2, 0) is 4.79 Å². The predicted octanol–water partition coefficient (Wildman–Crippen LogP) is 2.44. The van der Waals surface area contributed by atoms with Crippen LogP contribution in [0.25, 0.3) is 5.57 Å². The molecular weight excluding hydrogens is 176 g/mol. The van der Waals surface area contributed by atoms with Crippen LogP contribution in [0.2, 0.25) is 0 Å². The van der Waals surface area contributed by atoms with E-state index in [9.17, 15) is 4.79 Å². The smallest absolute Gasteiger partial charge is 0.156 e. The minimum absolute atomic E-state index is 0.225. The number of carbonyl (C=O) groups excluding carboxylic acids is 1. The van der Waals surface area contributed by atoms with Gasteiger partial charge in [-0.15, -0.1) is 0 Å². The van der Waals surface area contributed by atoms with Gasteiger partial charge in [-0.1, -0.05) is 12.1 Å². The van der Waals surface area contributed by atoms with Gasteiger partial charge in [0.1, 0.15) is 5.75 Å². The van der Waals surface area contributed by atoms with Crippen LogP contribution >= 0.6 is 0 Å². The van der Waals surface area contributed by atoms with Crippen molar-refractivity contribution in [1.29, 1.82) is 0 Å². The summed E-state index contributed by atoms with van der Waals surface area (Å²) in [6.45, 7) is 0. The molecule has 0 N–H and O–H groups in total. The van der Waals surface area contributed by atoms with Gasteiger partial charge < -0.3 is 4.74 Å². The highest BCUT2D eigenvalue weighted by molar-refractivity contribution is 6.01. The summed E-state index contributed by atoms with van der Waals surface area (Å²) in [6, 6.07) is 7.82. The molecule has 0 amide bonds. The first-order valence-electron chi connectivity index (χ1n) is 4.67. The van der Waals surface area contributed by atoms with Gasteiger partial charge in [-0.25, -0.2) is 0 Å². The quantitative estimate of drug-likeness (QED) is 0.712. The van der Waals surface area contributed by atoms with Crippen molar-refractivity contribution >= 4 is 11.4 Å². The van der Waals surface area contributed by atoms with Gasteiger partial charge in [-0.05, 0) is 35.8 Å². The van der Waals surface area contributed by atoms with E-state index in [0.717, 1.165) is 23.3 Å². The number of ether oxygens (including phenoxy) is 1. The molecule has 2 heteroatoms. The molecule has 0 aromatic heterocycles. The second-order valence-electron chi connectivity index (χ2n) is 3.37. The van der Waals surface area contributed by atoms with Crippen molar-refractivity contribution in [3.05, 3.63) is 35.9 Å². The molecule has 2 rings (SSSR count). The van der Waals surface area contributed by atoms with Gasteiger partial charge >= 0.3 is 0 Å². The highest BCUT2D eigenvalue weighted by Crippen LogP contribution is 2.27. The summed E-state index contributed by atoms with van der Waals surface area (Å²) in [5, 5.41) is 0. The minimum Gasteiger partial charge on any atom is -0.497 e. The van der Waals surface area contributed by atoms with Crippen molar-refractivity contribution in [2.75, 3.05) is 7.11 Å². The maximum absolute atomic E-state index is 11.1. The maximum Gasteiger partial charge on any atom is 0.156 e. The molecule has 72 valence electrons. The summed E-state index contributed by atoms with van der Waals surface area (Å²) >= 11 is 0. The number of rotatable bonds is 2. The summed E-state index contributed by atoms with van der Waals surface area (Å²) in [5.74, 6) is 1.06. The number of benzene rings is 1. The number of hydrogen-bond donors (Lipinski definition) is 0. The van der Waals surface area contributed by atoms with Gasteiger partial charge in [0, 0.05) is 6.42 Å². The standard InChI is InChI=1S/C12H12O2/c1-14-12-4-2-3-9(8-12)10-5-6-11(13)7-10/h2-4,7-8H,5-6H2,1H3. The van der Waals surface area contributed by atoms with Crippen molar-refractivity contribution in [2.45, 2.75) is 12.8 Å². The Balaban J connectivity index is 2.32. The Labute approximate surface area is 83.2 Å². The molecule has 1 aromatic carbocycles. The molecule has 2 nitrogen and oxygen atoms in total. The molecule has 0 heterocycles. The van der Waals surface area contributed by atoms with Crippen molar-refractivity contribution in [1.82, 2.24) is 0 Å². The topological polar surface area (TPSA) is 26.3 Å². The van der Waals surface area contributed by atoms with E-state index in [4.69, 9.17) is 4.74 Å². The van der Waals surface area contributed by atoms with Crippen molar-refractivity contribution in [2.24, 2.45) is 0 Å². The fourth-order valence-corrected chi connectivity index (χ4v) is 1.65. The number of methoxy groups -OCH3 is 1. The Hall–Kier alpha value is -1.57. The first-order chi connectivity index (χ1) is 6.79. The van der Waals surface area contributed by atoms with E-state index in [1.807, 2.05) is 24.3 Å². The van der Waals surface area contributed by atoms with Crippen LogP contribution in [0, 0.1) is 0 Å². The zero-order valence-electron chi connectivity index (χ0n) is 8.12. The van der Waals surface area contributed by atoms with E-state index in [0.29, 0.717) is 6.42 Å². The van der Waals surface area contributed by atoms with Crippen LogP contribution in [0.3, 0.4) is 0 Å². The van der Waals surface area contributed by atoms with Gasteiger partial charge in [0.2, 0.25) is 0 Å². The van der Waals surface area contributed by atoms with Gasteiger partial charge in [0.25, 0.3) is 0 Å². The largest absolute Gasteiger partial charge is 0.497 e. The molecule has 0 unspecified atom stereocenters. The van der Waals surface area contributed by atoms with E-state index in [1.165, 1.54) is 0 Å². The SMILES string of the molecule is COc1cccc(C2=CC(=O)CC2)c1. The summed E-state index contributed by atoms with van der Waals surface area (Å²) < 4.78 is 5.13. The Morgan fingerprint density at radius 3 is 2.79 bits per heavy atom. The molecule has 1 aliphatic rings. The molecule has 0 fully saturated rings. The third-order valence-corrected chi connectivity index (χ3v) is 2.42. The van der Waals surface area contributed by atoms with Crippen molar-refractivity contribution in [3.8, 4) is 5.75 Å². The Morgan fingerprint density at radius 1 is 1.29 bits per heavy atom. The van der Waals surface area contributed by atoms with Gasteiger partial charge in [0.05, 0.1) is 7.11 Å². The molecule has 0 radical (unpaired) electrons. The molecule has 1 aliphatic carbocycles. The molecular formula is C12H12O2. The van der Waals surface area contributed by atoms with E-state index in [-0.39, 0.29) is 5.78 Å². The third kappa shape index (κ3) is 1.69. The molecule has 0 saturated carbocycles. The molecule has 0 saturated heterocycles. The second kappa shape index (κ2) is 3.66. The first-order valence-corrected chi connectivity index (χ1v) is 4.67. The van der Waals surface area contributed by atoms with Crippen LogP contribution in [0.5, 0.6) is 5.75 Å². The average Bonchev–Trinajstić information content (AvgIpc) is 2.65. The van der Waals surface area contributed by atoms with E-state index in [1.54, 1.807) is 13.2 Å². The molecule has 0 bridgehead atoms. The Kier molecular flexibility index (Phi) is 2.35. The van der Waals surface area contributed by atoms with Crippen molar-refractivity contribution < 1.29 is 9.53 Å². The maximum atomic E-state index is 11.1. The zero-order valence-corrected chi connectivity index (χ0v) is 8.12. The third-order valence-electron chi connectivity index (χ3n) is 2.42. The van der Waals surface area contributed by atoms with Crippen LogP contribution in [0.15, 0.2) is 30.3 Å². The van der Waals surface area contributed by atoms with Gasteiger partial charge in [-0.2, -0.15) is 0 Å². The summed E-state index contributed by atoms with van der Waals surface area (Å²) in [4.78, 5) is 11.1. The van der Waals surface area contributed by atoms with Crippen molar-refractivity contribution in [3.63, 3.8) is 0 Å². The fraction of sp³-hybridized carbons (Fsp3) is 0.250. The number of carbonyl (C=O) groups is 1. The monoisotopic (exact) mass is 188 g/mol. The molecule has 0 aliphatic heterocycles. The number of allylic oxidation sites excluding steroid dienone is 2. The molecule has 0 atom stereocenters.